The third-order valence-corrected chi connectivity index (χ3v) is 6.30. The van der Waals surface area contributed by atoms with Crippen LogP contribution in [0.2, 0.25) is 5.02 Å². The van der Waals surface area contributed by atoms with Gasteiger partial charge >= 0.3 is 5.97 Å². The van der Waals surface area contributed by atoms with Crippen LogP contribution in [0.1, 0.15) is 22.0 Å². The number of para-hydroxylation sites is 1. The molecule has 1 unspecified atom stereocenters. The quantitative estimate of drug-likeness (QED) is 0.131. The van der Waals surface area contributed by atoms with Crippen LogP contribution in [0, 0.1) is 10.1 Å². The van der Waals surface area contributed by atoms with Crippen LogP contribution in [0.15, 0.2) is 115 Å². The van der Waals surface area contributed by atoms with E-state index in [1.165, 1.54) is 12.1 Å². The summed E-state index contributed by atoms with van der Waals surface area (Å²) in [4.78, 5) is 37.5. The van der Waals surface area contributed by atoms with Gasteiger partial charge in [-0.05, 0) is 18.2 Å². The molecule has 1 heterocycles. The van der Waals surface area contributed by atoms with Crippen molar-refractivity contribution >= 4 is 34.9 Å². The van der Waals surface area contributed by atoms with E-state index < -0.39 is 22.9 Å². The summed E-state index contributed by atoms with van der Waals surface area (Å²) in [6.07, 6.45) is 0.205. The zero-order valence-electron chi connectivity index (χ0n) is 20.8. The number of nitro benzene ring substituents is 1. The highest BCUT2D eigenvalue weighted by atomic mass is 35.5. The van der Waals surface area contributed by atoms with Gasteiger partial charge in [-0.2, -0.15) is 5.10 Å². The van der Waals surface area contributed by atoms with E-state index in [2.05, 4.69) is 10.4 Å². The lowest BCUT2D eigenvalue weighted by atomic mass is 10.1. The third kappa shape index (κ3) is 5.74. The number of aromatic nitrogens is 2. The fraction of sp³-hybridized carbons (Fsp3) is 0.0333. The van der Waals surface area contributed by atoms with Crippen LogP contribution in [0.5, 0.6) is 0 Å². The van der Waals surface area contributed by atoms with Gasteiger partial charge < -0.3 is 10.1 Å². The largest absolute Gasteiger partial charge is 0.444 e. The Labute approximate surface area is 233 Å². The molecule has 5 rings (SSSR count). The summed E-state index contributed by atoms with van der Waals surface area (Å²) in [6.45, 7) is 0. The Bertz CT molecular complexity index is 1670. The standard InChI is InChI=1S/C30H21ClN4O5/c31-25-18-23(35(38)39)16-17-26(25)32-29(36)28(21-12-6-2-7-13-21)40-30(37)24-19-34(22-14-8-3-9-15-22)33-27(24)20-10-4-1-5-11-20/h1-19,28H,(H,32,36). The molecule has 1 atom stereocenters. The Kier molecular flexibility index (Phi) is 7.65. The number of ether oxygens (including phenoxy) is 1. The van der Waals surface area contributed by atoms with Gasteiger partial charge in [0.2, 0.25) is 6.10 Å². The number of anilines is 1. The number of halogens is 1. The molecule has 0 spiro atoms. The van der Waals surface area contributed by atoms with E-state index in [1.54, 1.807) is 41.2 Å². The number of nitrogens with one attached hydrogen (secondary N) is 1. The van der Waals surface area contributed by atoms with E-state index in [4.69, 9.17) is 16.3 Å². The maximum absolute atomic E-state index is 13.7. The summed E-state index contributed by atoms with van der Waals surface area (Å²) in [5.74, 6) is -1.45. The van der Waals surface area contributed by atoms with E-state index >= 15 is 0 Å². The molecule has 0 radical (unpaired) electrons. The van der Waals surface area contributed by atoms with E-state index in [-0.39, 0.29) is 22.0 Å². The van der Waals surface area contributed by atoms with E-state index in [1.807, 2.05) is 60.7 Å². The van der Waals surface area contributed by atoms with E-state index in [9.17, 15) is 19.7 Å². The highest BCUT2D eigenvalue weighted by molar-refractivity contribution is 6.34. The number of amides is 1. The van der Waals surface area contributed by atoms with Crippen LogP contribution in [0.4, 0.5) is 11.4 Å². The van der Waals surface area contributed by atoms with Gasteiger partial charge in [0, 0.05) is 29.5 Å². The smallest absolute Gasteiger partial charge is 0.343 e. The molecule has 4 aromatic carbocycles. The van der Waals surface area contributed by atoms with Crippen LogP contribution < -0.4 is 5.32 Å². The molecule has 5 aromatic rings. The third-order valence-electron chi connectivity index (χ3n) is 5.99. The van der Waals surface area contributed by atoms with Crippen molar-refractivity contribution in [2.45, 2.75) is 6.10 Å². The number of rotatable bonds is 8. The lowest BCUT2D eigenvalue weighted by Crippen LogP contribution is -2.26. The molecule has 10 heteroatoms. The number of hydrogen-bond donors (Lipinski definition) is 1. The molecule has 1 amide bonds. The summed E-state index contributed by atoms with van der Waals surface area (Å²) in [6, 6.07) is 30.6. The van der Waals surface area contributed by atoms with Crippen LogP contribution in [-0.4, -0.2) is 26.6 Å². The van der Waals surface area contributed by atoms with Crippen molar-refractivity contribution in [3.8, 4) is 16.9 Å². The fourth-order valence-electron chi connectivity index (χ4n) is 4.03. The topological polar surface area (TPSA) is 116 Å². The normalized spacial score (nSPS) is 11.4. The first-order chi connectivity index (χ1) is 19.4. The summed E-state index contributed by atoms with van der Waals surface area (Å²) < 4.78 is 7.39. The maximum atomic E-state index is 13.7. The number of benzene rings is 4. The first-order valence-electron chi connectivity index (χ1n) is 12.1. The number of non-ortho nitro benzene ring substituents is 1. The minimum absolute atomic E-state index is 0.0313. The number of nitrogens with zero attached hydrogens (tertiary/aromatic N) is 3. The highest BCUT2D eigenvalue weighted by Crippen LogP contribution is 2.30. The zero-order valence-corrected chi connectivity index (χ0v) is 21.6. The molecule has 40 heavy (non-hydrogen) atoms. The fourth-order valence-corrected chi connectivity index (χ4v) is 4.26. The number of carbonyl (C=O) groups is 2. The number of esters is 1. The molecule has 0 saturated carbocycles. The van der Waals surface area contributed by atoms with Gasteiger partial charge in [-0.15, -0.1) is 0 Å². The van der Waals surface area contributed by atoms with Crippen LogP contribution >= 0.6 is 11.6 Å². The molecule has 1 N–H and O–H groups in total. The number of nitro groups is 1. The van der Waals surface area contributed by atoms with Crippen molar-refractivity contribution in [1.29, 1.82) is 0 Å². The molecule has 0 aliphatic rings. The Hall–Kier alpha value is -5.28. The Balaban J connectivity index is 1.49. The summed E-state index contributed by atoms with van der Waals surface area (Å²) >= 11 is 6.18. The summed E-state index contributed by atoms with van der Waals surface area (Å²) in [5.41, 5.74) is 2.32. The van der Waals surface area contributed by atoms with Gasteiger partial charge in [-0.3, -0.25) is 14.9 Å². The van der Waals surface area contributed by atoms with Crippen molar-refractivity contribution in [3.05, 3.63) is 142 Å². The first-order valence-corrected chi connectivity index (χ1v) is 12.5. The second-order valence-corrected chi connectivity index (χ2v) is 9.05. The molecule has 0 fully saturated rings. The Morgan fingerprint density at radius 1 is 0.900 bits per heavy atom. The van der Waals surface area contributed by atoms with Gasteiger partial charge in [-0.25, -0.2) is 9.48 Å². The van der Waals surface area contributed by atoms with Gasteiger partial charge in [0.15, 0.2) is 0 Å². The Morgan fingerprint density at radius 2 is 1.52 bits per heavy atom. The van der Waals surface area contributed by atoms with Gasteiger partial charge in [0.05, 0.1) is 21.3 Å². The van der Waals surface area contributed by atoms with Gasteiger partial charge in [0.1, 0.15) is 11.3 Å². The predicted octanol–water partition coefficient (Wildman–Crippen LogP) is 6.64. The van der Waals surface area contributed by atoms with Crippen molar-refractivity contribution in [3.63, 3.8) is 0 Å². The number of hydrogen-bond acceptors (Lipinski definition) is 6. The summed E-state index contributed by atoms with van der Waals surface area (Å²) in [5, 5.41) is 18.3. The second-order valence-electron chi connectivity index (χ2n) is 8.64. The molecule has 1 aromatic heterocycles. The van der Waals surface area contributed by atoms with Crippen LogP contribution in [0.25, 0.3) is 16.9 Å². The predicted molar refractivity (Wildman–Crippen MR) is 150 cm³/mol. The zero-order chi connectivity index (χ0) is 28.1. The van der Waals surface area contributed by atoms with Crippen molar-refractivity contribution in [1.82, 2.24) is 9.78 Å². The van der Waals surface area contributed by atoms with Crippen LogP contribution in [0.3, 0.4) is 0 Å². The molecule has 0 bridgehead atoms. The maximum Gasteiger partial charge on any atom is 0.343 e. The molecular weight excluding hydrogens is 532 g/mol. The average Bonchev–Trinajstić information content (AvgIpc) is 3.44. The molecular formula is C30H21ClN4O5. The monoisotopic (exact) mass is 552 g/mol. The van der Waals surface area contributed by atoms with E-state index in [0.717, 1.165) is 11.8 Å². The minimum atomic E-state index is -1.36. The number of carbonyl (C=O) groups excluding carboxylic acids is 2. The minimum Gasteiger partial charge on any atom is -0.444 e. The SMILES string of the molecule is O=C(OC(C(=O)Nc1ccc([N+](=O)[O-])cc1Cl)c1ccccc1)c1cn(-c2ccccc2)nc1-c1ccccc1. The molecule has 0 aliphatic carbocycles. The summed E-state index contributed by atoms with van der Waals surface area (Å²) in [7, 11) is 0. The van der Waals surface area contributed by atoms with Crippen molar-refractivity contribution in [2.75, 3.05) is 5.32 Å². The van der Waals surface area contributed by atoms with E-state index in [0.29, 0.717) is 16.8 Å². The lowest BCUT2D eigenvalue weighted by molar-refractivity contribution is -0.384. The molecule has 0 saturated heterocycles. The van der Waals surface area contributed by atoms with Crippen molar-refractivity contribution < 1.29 is 19.2 Å². The average molecular weight is 553 g/mol. The Morgan fingerprint density at radius 3 is 2.15 bits per heavy atom. The molecule has 0 aliphatic heterocycles. The lowest BCUT2D eigenvalue weighted by Gasteiger charge is -2.18. The van der Waals surface area contributed by atoms with Crippen molar-refractivity contribution in [2.24, 2.45) is 0 Å². The second kappa shape index (κ2) is 11.6. The first kappa shape index (κ1) is 26.3. The highest BCUT2D eigenvalue weighted by Gasteiger charge is 2.29. The van der Waals surface area contributed by atoms with Gasteiger partial charge in [0.25, 0.3) is 11.6 Å². The van der Waals surface area contributed by atoms with Gasteiger partial charge in [-0.1, -0.05) is 90.5 Å². The van der Waals surface area contributed by atoms with Crippen LogP contribution in [-0.2, 0) is 9.53 Å². The molecule has 9 nitrogen and oxygen atoms in total. The molecule has 198 valence electrons.